The minimum atomic E-state index is -0.219. The maximum Gasteiger partial charge on any atom is 0.322 e. The van der Waals surface area contributed by atoms with Gasteiger partial charge in [0.1, 0.15) is 6.04 Å². The van der Waals surface area contributed by atoms with Gasteiger partial charge in [-0.3, -0.25) is 4.79 Å². The zero-order chi connectivity index (χ0) is 7.56. The average Bonchev–Trinajstić information content (AvgIpc) is 2.34. The van der Waals surface area contributed by atoms with E-state index in [1.165, 1.54) is 7.11 Å². The summed E-state index contributed by atoms with van der Waals surface area (Å²) in [6, 6.07) is -0.188. The van der Waals surface area contributed by atoms with Crippen LogP contribution < -0.4 is 5.32 Å². The molecule has 2 atom stereocenters. The first-order valence-corrected chi connectivity index (χ1v) is 3.63. The van der Waals surface area contributed by atoms with Crippen LogP contribution in [0.5, 0.6) is 0 Å². The number of hydrogen-bond donors (Lipinski definition) is 1. The Labute approximate surface area is 76.8 Å². The van der Waals surface area contributed by atoms with Crippen molar-refractivity contribution in [3.8, 4) is 0 Å². The second-order valence-electron chi connectivity index (χ2n) is 2.32. The molecule has 1 heterocycles. The lowest BCUT2D eigenvalue weighted by Crippen LogP contribution is -2.31. The fraction of sp³-hybridized carbons (Fsp3) is 0.833. The number of methoxy groups -OCH3 is 1. The molecule has 11 heavy (non-hydrogen) atoms. The maximum absolute atomic E-state index is 10.8. The van der Waals surface area contributed by atoms with Gasteiger partial charge in [0.2, 0.25) is 0 Å². The highest BCUT2D eigenvalue weighted by Crippen LogP contribution is 2.12. The summed E-state index contributed by atoms with van der Waals surface area (Å²) in [6.45, 7) is 0.696. The summed E-state index contributed by atoms with van der Waals surface area (Å²) < 4.78 is 4.52. The Morgan fingerprint density at radius 2 is 2.36 bits per heavy atom. The SMILES string of the molecule is COC(=O)[C@@H]1C[C@H](Cl)CN1.Cl. The second-order valence-corrected chi connectivity index (χ2v) is 2.93. The normalized spacial score (nSPS) is 29.3. The molecule has 3 nitrogen and oxygen atoms in total. The summed E-state index contributed by atoms with van der Waals surface area (Å²) in [7, 11) is 1.38. The van der Waals surface area contributed by atoms with Crippen molar-refractivity contribution in [2.24, 2.45) is 0 Å². The van der Waals surface area contributed by atoms with Crippen molar-refractivity contribution < 1.29 is 9.53 Å². The van der Waals surface area contributed by atoms with Crippen molar-refractivity contribution in [3.63, 3.8) is 0 Å². The minimum Gasteiger partial charge on any atom is -0.468 e. The fourth-order valence-corrected chi connectivity index (χ4v) is 1.28. The molecule has 0 spiro atoms. The molecule has 1 fully saturated rings. The fourth-order valence-electron chi connectivity index (χ4n) is 1.01. The molecule has 0 saturated carbocycles. The first-order chi connectivity index (χ1) is 4.74. The minimum absolute atomic E-state index is 0. The smallest absolute Gasteiger partial charge is 0.322 e. The molecule has 1 aliphatic heterocycles. The standard InChI is InChI=1S/C6H10ClNO2.ClH/c1-10-6(9)5-2-4(7)3-8-5;/h4-5,8H,2-3H2,1H3;1H/t4-,5-;/m0./s1. The van der Waals surface area contributed by atoms with Crippen molar-refractivity contribution in [1.82, 2.24) is 5.32 Å². The molecule has 0 aliphatic carbocycles. The zero-order valence-electron chi connectivity index (χ0n) is 6.17. The molecule has 1 saturated heterocycles. The third-order valence-electron chi connectivity index (χ3n) is 1.56. The molecule has 1 N–H and O–H groups in total. The van der Waals surface area contributed by atoms with Crippen LogP contribution in [-0.2, 0) is 9.53 Å². The van der Waals surface area contributed by atoms with E-state index in [1.54, 1.807) is 0 Å². The van der Waals surface area contributed by atoms with Crippen LogP contribution in [0.3, 0.4) is 0 Å². The van der Waals surface area contributed by atoms with E-state index in [0.29, 0.717) is 13.0 Å². The lowest BCUT2D eigenvalue weighted by molar-refractivity contribution is -0.142. The molecule has 5 heteroatoms. The molecule has 0 aromatic heterocycles. The highest BCUT2D eigenvalue weighted by atomic mass is 35.5. The van der Waals surface area contributed by atoms with E-state index < -0.39 is 0 Å². The molecule has 0 bridgehead atoms. The van der Waals surface area contributed by atoms with E-state index in [9.17, 15) is 4.79 Å². The molecular formula is C6H11Cl2NO2. The van der Waals surface area contributed by atoms with Gasteiger partial charge < -0.3 is 10.1 Å². The van der Waals surface area contributed by atoms with Crippen LogP contribution in [0.1, 0.15) is 6.42 Å². The van der Waals surface area contributed by atoms with Gasteiger partial charge in [-0.25, -0.2) is 0 Å². The van der Waals surface area contributed by atoms with Crippen LogP contribution in [0.4, 0.5) is 0 Å². The number of carbonyl (C=O) groups excluding carboxylic acids is 1. The number of ether oxygens (including phenoxy) is 1. The molecular weight excluding hydrogens is 189 g/mol. The molecule has 0 aromatic carbocycles. The summed E-state index contributed by atoms with van der Waals surface area (Å²) in [5, 5.41) is 3.02. The topological polar surface area (TPSA) is 38.3 Å². The lowest BCUT2D eigenvalue weighted by Gasteiger charge is -2.05. The van der Waals surface area contributed by atoms with E-state index in [-0.39, 0.29) is 29.8 Å². The summed E-state index contributed by atoms with van der Waals surface area (Å²) in [5.41, 5.74) is 0. The molecule has 66 valence electrons. The monoisotopic (exact) mass is 199 g/mol. The third kappa shape index (κ3) is 2.85. The number of rotatable bonds is 1. The van der Waals surface area contributed by atoms with Crippen LogP contribution in [0.2, 0.25) is 0 Å². The van der Waals surface area contributed by atoms with Gasteiger partial charge >= 0.3 is 5.97 Å². The zero-order valence-corrected chi connectivity index (χ0v) is 7.74. The predicted molar refractivity (Wildman–Crippen MR) is 45.3 cm³/mol. The van der Waals surface area contributed by atoms with Crippen molar-refractivity contribution in [2.45, 2.75) is 17.8 Å². The van der Waals surface area contributed by atoms with Crippen LogP contribution in [0.15, 0.2) is 0 Å². The van der Waals surface area contributed by atoms with E-state index in [4.69, 9.17) is 11.6 Å². The Bertz CT molecular complexity index is 143. The molecule has 0 aromatic rings. The quantitative estimate of drug-likeness (QED) is 0.496. The van der Waals surface area contributed by atoms with Gasteiger partial charge in [0.05, 0.1) is 7.11 Å². The third-order valence-corrected chi connectivity index (χ3v) is 1.90. The number of nitrogens with one attached hydrogen (secondary N) is 1. The van der Waals surface area contributed by atoms with Gasteiger partial charge in [0, 0.05) is 11.9 Å². The number of esters is 1. The second kappa shape index (κ2) is 4.80. The van der Waals surface area contributed by atoms with Crippen molar-refractivity contribution >= 4 is 30.0 Å². The summed E-state index contributed by atoms with van der Waals surface area (Å²) in [6.07, 6.45) is 0.675. The number of alkyl halides is 1. The highest BCUT2D eigenvalue weighted by Gasteiger charge is 2.28. The average molecular weight is 200 g/mol. The van der Waals surface area contributed by atoms with E-state index in [1.807, 2.05) is 0 Å². The first kappa shape index (κ1) is 11.0. The summed E-state index contributed by atoms with van der Waals surface area (Å²) in [5.74, 6) is -0.219. The molecule has 1 aliphatic rings. The van der Waals surface area contributed by atoms with Crippen molar-refractivity contribution in [2.75, 3.05) is 13.7 Å². The van der Waals surface area contributed by atoms with Crippen molar-refractivity contribution in [1.29, 1.82) is 0 Å². The maximum atomic E-state index is 10.8. The molecule has 0 radical (unpaired) electrons. The number of hydrogen-bond acceptors (Lipinski definition) is 3. The van der Waals surface area contributed by atoms with Crippen LogP contribution >= 0.6 is 24.0 Å². The molecule has 0 unspecified atom stereocenters. The Morgan fingerprint density at radius 1 is 1.73 bits per heavy atom. The summed E-state index contributed by atoms with van der Waals surface area (Å²) >= 11 is 5.74. The largest absolute Gasteiger partial charge is 0.468 e. The van der Waals surface area contributed by atoms with Gasteiger partial charge in [-0.05, 0) is 6.42 Å². The lowest BCUT2D eigenvalue weighted by atomic mass is 10.2. The van der Waals surface area contributed by atoms with Gasteiger partial charge in [-0.1, -0.05) is 0 Å². The molecule has 0 amide bonds. The first-order valence-electron chi connectivity index (χ1n) is 3.19. The summed E-state index contributed by atoms with van der Waals surface area (Å²) in [4.78, 5) is 10.8. The number of carbonyl (C=O) groups is 1. The Hall–Kier alpha value is 0.01000. The Balaban J connectivity index is 0.000001000. The van der Waals surface area contributed by atoms with Gasteiger partial charge in [0.15, 0.2) is 0 Å². The molecule has 1 rings (SSSR count). The van der Waals surface area contributed by atoms with Crippen molar-refractivity contribution in [3.05, 3.63) is 0 Å². The predicted octanol–water partition coefficient (Wildman–Crippen LogP) is 0.550. The van der Waals surface area contributed by atoms with E-state index in [0.717, 1.165) is 0 Å². The van der Waals surface area contributed by atoms with E-state index in [2.05, 4.69) is 10.1 Å². The Kier molecular flexibility index (Phi) is 4.81. The van der Waals surface area contributed by atoms with E-state index >= 15 is 0 Å². The highest BCUT2D eigenvalue weighted by molar-refractivity contribution is 6.21. The number of halogens is 2. The van der Waals surface area contributed by atoms with Crippen LogP contribution in [-0.4, -0.2) is 31.0 Å². The van der Waals surface area contributed by atoms with Crippen LogP contribution in [0, 0.1) is 0 Å². The van der Waals surface area contributed by atoms with Crippen LogP contribution in [0.25, 0.3) is 0 Å². The Morgan fingerprint density at radius 3 is 2.73 bits per heavy atom. The van der Waals surface area contributed by atoms with Gasteiger partial charge in [-0.2, -0.15) is 0 Å². The van der Waals surface area contributed by atoms with Gasteiger partial charge in [-0.15, -0.1) is 24.0 Å². The van der Waals surface area contributed by atoms with Gasteiger partial charge in [0.25, 0.3) is 0 Å².